The van der Waals surface area contributed by atoms with Gasteiger partial charge in [-0.3, -0.25) is 4.31 Å². The van der Waals surface area contributed by atoms with Crippen molar-refractivity contribution in [3.05, 3.63) is 95.1 Å². The Balaban J connectivity index is 1.51. The van der Waals surface area contributed by atoms with E-state index in [9.17, 15) is 26.4 Å². The monoisotopic (exact) mass is 461 g/mol. The van der Waals surface area contributed by atoms with E-state index in [1.165, 1.54) is 40.7 Å². The molecule has 0 spiro atoms. The van der Waals surface area contributed by atoms with Crippen molar-refractivity contribution < 1.29 is 31.1 Å². The number of rotatable bonds is 5. The number of anilines is 1. The summed E-state index contributed by atoms with van der Waals surface area (Å²) in [5, 5.41) is 0. The largest absolute Gasteiger partial charge is 0.457 e. The highest BCUT2D eigenvalue weighted by Gasteiger charge is 2.32. The van der Waals surface area contributed by atoms with Crippen LogP contribution >= 0.6 is 0 Å². The first kappa shape index (κ1) is 21.9. The molecule has 0 fully saturated rings. The minimum absolute atomic E-state index is 0.00877. The van der Waals surface area contributed by atoms with Gasteiger partial charge in [0.05, 0.1) is 21.7 Å². The molecule has 1 heterocycles. The van der Waals surface area contributed by atoms with E-state index >= 15 is 0 Å². The normalized spacial score (nSPS) is 13.7. The van der Waals surface area contributed by atoms with Crippen LogP contribution in [0.5, 0.6) is 0 Å². The van der Waals surface area contributed by atoms with Crippen molar-refractivity contribution in [2.45, 2.75) is 24.1 Å². The number of esters is 1. The van der Waals surface area contributed by atoms with Crippen LogP contribution < -0.4 is 4.31 Å². The Hall–Kier alpha value is -3.33. The van der Waals surface area contributed by atoms with E-state index < -0.39 is 27.7 Å². The molecule has 166 valence electrons. The lowest BCUT2D eigenvalue weighted by Gasteiger charge is -2.19. The summed E-state index contributed by atoms with van der Waals surface area (Å²) in [5.74, 6) is -0.832. The number of nitrogens with zero attached hydrogens (tertiary/aromatic N) is 1. The van der Waals surface area contributed by atoms with Gasteiger partial charge >= 0.3 is 12.1 Å². The Morgan fingerprint density at radius 3 is 2.50 bits per heavy atom. The topological polar surface area (TPSA) is 63.7 Å². The number of halogens is 3. The zero-order valence-corrected chi connectivity index (χ0v) is 17.5. The van der Waals surface area contributed by atoms with Crippen LogP contribution in [0.4, 0.5) is 18.9 Å². The molecule has 0 bridgehead atoms. The maximum Gasteiger partial charge on any atom is 0.416 e. The first-order valence-electron chi connectivity index (χ1n) is 9.70. The van der Waals surface area contributed by atoms with E-state index in [-0.39, 0.29) is 22.6 Å². The first-order chi connectivity index (χ1) is 15.2. The number of sulfonamides is 1. The Kier molecular flexibility index (Phi) is 5.68. The lowest BCUT2D eigenvalue weighted by molar-refractivity contribution is -0.137. The van der Waals surface area contributed by atoms with Gasteiger partial charge in [0.2, 0.25) is 0 Å². The molecule has 3 aromatic carbocycles. The second-order valence-corrected chi connectivity index (χ2v) is 9.12. The Bertz CT molecular complexity index is 1270. The molecule has 0 radical (unpaired) electrons. The molecular weight excluding hydrogens is 443 g/mol. The average Bonchev–Trinajstić information content (AvgIpc) is 3.22. The molecule has 32 heavy (non-hydrogen) atoms. The quantitative estimate of drug-likeness (QED) is 0.512. The van der Waals surface area contributed by atoms with Crippen molar-refractivity contribution in [2.75, 3.05) is 10.8 Å². The van der Waals surface area contributed by atoms with Gasteiger partial charge in [-0.25, -0.2) is 13.2 Å². The van der Waals surface area contributed by atoms with Crippen molar-refractivity contribution in [3.8, 4) is 0 Å². The van der Waals surface area contributed by atoms with Crippen LogP contribution in [-0.2, 0) is 34.0 Å². The smallest absolute Gasteiger partial charge is 0.416 e. The molecule has 0 atom stereocenters. The molecule has 1 aliphatic heterocycles. The second kappa shape index (κ2) is 8.31. The number of benzene rings is 3. The van der Waals surface area contributed by atoms with Crippen LogP contribution in [0.1, 0.15) is 27.0 Å². The number of fused-ring (bicyclic) bond motifs is 1. The molecule has 0 aliphatic carbocycles. The van der Waals surface area contributed by atoms with E-state index in [1.54, 1.807) is 12.1 Å². The van der Waals surface area contributed by atoms with Gasteiger partial charge in [-0.2, -0.15) is 13.2 Å². The SMILES string of the molecule is O=C(OCc1cccc(C(F)(F)F)c1)c1cccc(S(=O)(=O)N2CCc3ccccc32)c1. The zero-order chi connectivity index (χ0) is 22.9. The third kappa shape index (κ3) is 4.34. The number of ether oxygens (including phenoxy) is 1. The Labute approximate surface area is 183 Å². The van der Waals surface area contributed by atoms with Gasteiger partial charge in [0.15, 0.2) is 0 Å². The van der Waals surface area contributed by atoms with Crippen molar-refractivity contribution in [2.24, 2.45) is 0 Å². The highest BCUT2D eigenvalue weighted by atomic mass is 32.2. The molecule has 0 aromatic heterocycles. The summed E-state index contributed by atoms with van der Waals surface area (Å²) in [6.45, 7) is -0.0782. The summed E-state index contributed by atoms with van der Waals surface area (Å²) in [6, 6.07) is 17.1. The molecule has 4 rings (SSSR count). The Morgan fingerprint density at radius 1 is 0.969 bits per heavy atom. The molecule has 9 heteroatoms. The van der Waals surface area contributed by atoms with Gasteiger partial charge in [0.25, 0.3) is 10.0 Å². The summed E-state index contributed by atoms with van der Waals surface area (Å²) in [7, 11) is -3.90. The average molecular weight is 461 g/mol. The number of carbonyl (C=O) groups excluding carboxylic acids is 1. The standard InChI is InChI=1S/C23H18F3NO4S/c24-23(25,26)19-8-3-5-16(13-19)15-31-22(28)18-7-4-9-20(14-18)32(29,30)27-12-11-17-6-1-2-10-21(17)27/h1-10,13-14H,11-12,15H2. The molecular formula is C23H18F3NO4S. The van der Waals surface area contributed by atoms with E-state index in [0.717, 1.165) is 17.7 Å². The summed E-state index contributed by atoms with van der Waals surface area (Å²) in [5.41, 5.74) is 0.846. The molecule has 5 nitrogen and oxygen atoms in total. The van der Waals surface area contributed by atoms with Gasteiger partial charge < -0.3 is 4.74 Å². The number of alkyl halides is 3. The minimum Gasteiger partial charge on any atom is -0.457 e. The summed E-state index contributed by atoms with van der Waals surface area (Å²) in [6.07, 6.45) is -3.91. The van der Waals surface area contributed by atoms with Crippen LogP contribution in [0, 0.1) is 0 Å². The van der Waals surface area contributed by atoms with Gasteiger partial charge in [0.1, 0.15) is 6.61 Å². The predicted molar refractivity (Wildman–Crippen MR) is 112 cm³/mol. The summed E-state index contributed by atoms with van der Waals surface area (Å²) in [4.78, 5) is 12.4. The summed E-state index contributed by atoms with van der Waals surface area (Å²) >= 11 is 0. The third-order valence-corrected chi connectivity index (χ3v) is 6.94. The van der Waals surface area contributed by atoms with Crippen LogP contribution in [-0.4, -0.2) is 20.9 Å². The van der Waals surface area contributed by atoms with Gasteiger partial charge in [-0.15, -0.1) is 0 Å². The van der Waals surface area contributed by atoms with E-state index in [4.69, 9.17) is 4.74 Å². The van der Waals surface area contributed by atoms with Crippen molar-refractivity contribution in [3.63, 3.8) is 0 Å². The second-order valence-electron chi connectivity index (χ2n) is 7.26. The molecule has 0 amide bonds. The third-order valence-electron chi connectivity index (χ3n) is 5.13. The van der Waals surface area contributed by atoms with Crippen LogP contribution in [0.25, 0.3) is 0 Å². The fourth-order valence-electron chi connectivity index (χ4n) is 3.54. The molecule has 3 aromatic rings. The van der Waals surface area contributed by atoms with Gasteiger partial charge in [0, 0.05) is 6.54 Å². The van der Waals surface area contributed by atoms with Crippen LogP contribution in [0.15, 0.2) is 77.7 Å². The zero-order valence-electron chi connectivity index (χ0n) is 16.7. The Morgan fingerprint density at radius 2 is 1.72 bits per heavy atom. The van der Waals surface area contributed by atoms with E-state index in [2.05, 4.69) is 0 Å². The lowest BCUT2D eigenvalue weighted by atomic mass is 10.1. The van der Waals surface area contributed by atoms with Crippen molar-refractivity contribution in [1.82, 2.24) is 0 Å². The molecule has 0 saturated carbocycles. The van der Waals surface area contributed by atoms with Crippen molar-refractivity contribution >= 4 is 21.7 Å². The fourth-order valence-corrected chi connectivity index (χ4v) is 5.09. The summed E-state index contributed by atoms with van der Waals surface area (Å²) < 4.78 is 71.2. The highest BCUT2D eigenvalue weighted by Crippen LogP contribution is 2.33. The molecule has 1 aliphatic rings. The molecule has 0 N–H and O–H groups in total. The van der Waals surface area contributed by atoms with Crippen LogP contribution in [0.3, 0.4) is 0 Å². The number of para-hydroxylation sites is 1. The molecule has 0 unspecified atom stereocenters. The van der Waals surface area contributed by atoms with E-state index in [1.807, 2.05) is 12.1 Å². The first-order valence-corrected chi connectivity index (χ1v) is 11.1. The predicted octanol–water partition coefficient (Wildman–Crippen LogP) is 4.81. The van der Waals surface area contributed by atoms with Gasteiger partial charge in [-0.1, -0.05) is 36.4 Å². The van der Waals surface area contributed by atoms with E-state index in [0.29, 0.717) is 18.7 Å². The number of hydrogen-bond donors (Lipinski definition) is 0. The maximum absolute atomic E-state index is 13.2. The fraction of sp³-hybridized carbons (Fsp3) is 0.174. The number of carbonyl (C=O) groups is 1. The minimum atomic E-state index is -4.50. The lowest BCUT2D eigenvalue weighted by Crippen LogP contribution is -2.29. The van der Waals surface area contributed by atoms with Gasteiger partial charge in [-0.05, 0) is 53.9 Å². The molecule has 0 saturated heterocycles. The van der Waals surface area contributed by atoms with Crippen molar-refractivity contribution in [1.29, 1.82) is 0 Å². The maximum atomic E-state index is 13.2. The number of hydrogen-bond acceptors (Lipinski definition) is 4. The highest BCUT2D eigenvalue weighted by molar-refractivity contribution is 7.92. The van der Waals surface area contributed by atoms with Crippen LogP contribution in [0.2, 0.25) is 0 Å².